The predicted octanol–water partition coefficient (Wildman–Crippen LogP) is 4.06. The van der Waals surface area contributed by atoms with Crippen LogP contribution in [0.15, 0.2) is 36.4 Å². The molecule has 0 fully saturated rings. The van der Waals surface area contributed by atoms with Crippen molar-refractivity contribution < 1.29 is 0 Å². The lowest BCUT2D eigenvalue weighted by molar-refractivity contribution is 0.376. The summed E-state index contributed by atoms with van der Waals surface area (Å²) < 4.78 is 0. The van der Waals surface area contributed by atoms with Crippen LogP contribution in [0.5, 0.6) is 0 Å². The molecule has 1 aromatic heterocycles. The molecule has 2 heteroatoms. The third-order valence-electron chi connectivity index (χ3n) is 2.85. The lowest BCUT2D eigenvalue weighted by atomic mass is 9.90. The molecule has 1 heterocycles. The van der Waals surface area contributed by atoms with E-state index in [4.69, 9.17) is 0 Å². The van der Waals surface area contributed by atoms with Gasteiger partial charge in [0.15, 0.2) is 0 Å². The lowest BCUT2D eigenvalue weighted by Gasteiger charge is -2.16. The highest BCUT2D eigenvalue weighted by atomic mass is 15.1. The number of hydrogen-bond acceptors (Lipinski definition) is 1. The van der Waals surface area contributed by atoms with Gasteiger partial charge in [-0.15, -0.1) is 0 Å². The summed E-state index contributed by atoms with van der Waals surface area (Å²) in [5.41, 5.74) is 3.82. The van der Waals surface area contributed by atoms with Crippen molar-refractivity contribution in [1.82, 2.24) is 10.2 Å². The lowest BCUT2D eigenvalue weighted by Crippen LogP contribution is -2.06. The fraction of sp³-hybridized carbons (Fsp3) is 0.400. The van der Waals surface area contributed by atoms with Crippen molar-refractivity contribution in [3.63, 3.8) is 0 Å². The molecule has 1 N–H and O–H groups in total. The molecule has 0 radical (unpaired) electrons. The molecule has 0 saturated carbocycles. The van der Waals surface area contributed by atoms with Crippen LogP contribution in [0.2, 0.25) is 0 Å². The average Bonchev–Trinajstić information content (AvgIpc) is 2.75. The normalized spacial score (nSPS) is 11.7. The first-order chi connectivity index (χ1) is 8.04. The van der Waals surface area contributed by atoms with Crippen LogP contribution >= 0.6 is 0 Å². The molecular formula is C15H20N2. The maximum absolute atomic E-state index is 4.37. The largest absolute Gasteiger partial charge is 0.278 e. The Kier molecular flexibility index (Phi) is 3.32. The maximum Gasteiger partial charge on any atom is 0.0653 e. The molecule has 0 unspecified atom stereocenters. The molecule has 2 rings (SSSR count). The van der Waals surface area contributed by atoms with Crippen LogP contribution < -0.4 is 0 Å². The summed E-state index contributed by atoms with van der Waals surface area (Å²) >= 11 is 0. The molecule has 0 aliphatic heterocycles. The highest BCUT2D eigenvalue weighted by molar-refractivity contribution is 5.58. The average molecular weight is 228 g/mol. The van der Waals surface area contributed by atoms with E-state index >= 15 is 0 Å². The summed E-state index contributed by atoms with van der Waals surface area (Å²) in [6.07, 6.45) is 2.19. The quantitative estimate of drug-likeness (QED) is 0.843. The van der Waals surface area contributed by atoms with Gasteiger partial charge in [0.05, 0.1) is 11.4 Å². The number of benzene rings is 1. The molecule has 0 bridgehead atoms. The summed E-state index contributed by atoms with van der Waals surface area (Å²) in [6.45, 7) is 6.79. The molecular weight excluding hydrogens is 208 g/mol. The zero-order valence-electron chi connectivity index (χ0n) is 10.8. The van der Waals surface area contributed by atoms with Crippen LogP contribution in [0.25, 0.3) is 11.3 Å². The molecule has 0 amide bonds. The van der Waals surface area contributed by atoms with E-state index in [9.17, 15) is 0 Å². The number of nitrogens with zero attached hydrogens (tertiary/aromatic N) is 1. The van der Waals surface area contributed by atoms with E-state index in [0.717, 1.165) is 24.2 Å². The molecule has 0 saturated heterocycles. The standard InChI is InChI=1S/C15H20N2/c1-15(2,3)10-9-13-11-14(17-16-13)12-7-5-4-6-8-12/h4-8,11H,9-10H2,1-3H3,(H,16,17). The van der Waals surface area contributed by atoms with Crippen LogP contribution in [0.3, 0.4) is 0 Å². The van der Waals surface area contributed by atoms with Gasteiger partial charge in [-0.3, -0.25) is 5.10 Å². The molecule has 0 aliphatic carbocycles. The van der Waals surface area contributed by atoms with Crippen molar-refractivity contribution in [2.24, 2.45) is 5.41 Å². The molecule has 2 aromatic rings. The van der Waals surface area contributed by atoms with E-state index in [1.807, 2.05) is 18.2 Å². The Balaban J connectivity index is 2.07. The zero-order chi connectivity index (χ0) is 12.3. The molecule has 2 nitrogen and oxygen atoms in total. The van der Waals surface area contributed by atoms with Crippen LogP contribution in [0.1, 0.15) is 32.9 Å². The van der Waals surface area contributed by atoms with Crippen molar-refractivity contribution in [3.05, 3.63) is 42.1 Å². The Bertz CT molecular complexity index is 463. The Morgan fingerprint density at radius 3 is 2.47 bits per heavy atom. The van der Waals surface area contributed by atoms with Crippen molar-refractivity contribution in [2.45, 2.75) is 33.6 Å². The summed E-state index contributed by atoms with van der Waals surface area (Å²) in [5.74, 6) is 0. The molecule has 17 heavy (non-hydrogen) atoms. The number of aromatic nitrogens is 2. The fourth-order valence-corrected chi connectivity index (χ4v) is 1.76. The third-order valence-corrected chi connectivity index (χ3v) is 2.85. The van der Waals surface area contributed by atoms with Gasteiger partial charge in [-0.05, 0) is 29.9 Å². The SMILES string of the molecule is CC(C)(C)CCc1cc(-c2ccccc2)[nH]n1. The number of hydrogen-bond donors (Lipinski definition) is 1. The first-order valence-electron chi connectivity index (χ1n) is 6.14. The minimum Gasteiger partial charge on any atom is -0.278 e. The fourth-order valence-electron chi connectivity index (χ4n) is 1.76. The number of H-pyrrole nitrogens is 1. The Labute approximate surface area is 103 Å². The monoisotopic (exact) mass is 228 g/mol. The second-order valence-corrected chi connectivity index (χ2v) is 5.70. The maximum atomic E-state index is 4.37. The summed E-state index contributed by atoms with van der Waals surface area (Å²) in [4.78, 5) is 0. The van der Waals surface area contributed by atoms with E-state index < -0.39 is 0 Å². The topological polar surface area (TPSA) is 28.7 Å². The number of nitrogens with one attached hydrogen (secondary N) is 1. The highest BCUT2D eigenvalue weighted by Gasteiger charge is 2.11. The van der Waals surface area contributed by atoms with Gasteiger partial charge >= 0.3 is 0 Å². The molecule has 0 atom stereocenters. The van der Waals surface area contributed by atoms with E-state index in [1.54, 1.807) is 0 Å². The zero-order valence-corrected chi connectivity index (χ0v) is 10.8. The number of aryl methyl sites for hydroxylation is 1. The first kappa shape index (κ1) is 11.9. The van der Waals surface area contributed by atoms with Gasteiger partial charge in [0, 0.05) is 0 Å². The van der Waals surface area contributed by atoms with Crippen LogP contribution in [0.4, 0.5) is 0 Å². The van der Waals surface area contributed by atoms with Crippen molar-refractivity contribution in [1.29, 1.82) is 0 Å². The highest BCUT2D eigenvalue weighted by Crippen LogP contribution is 2.22. The summed E-state index contributed by atoms with van der Waals surface area (Å²) in [5, 5.41) is 7.48. The minimum absolute atomic E-state index is 0.367. The smallest absolute Gasteiger partial charge is 0.0653 e. The van der Waals surface area contributed by atoms with Crippen LogP contribution in [-0.4, -0.2) is 10.2 Å². The van der Waals surface area contributed by atoms with Gasteiger partial charge in [0.25, 0.3) is 0 Å². The summed E-state index contributed by atoms with van der Waals surface area (Å²) in [7, 11) is 0. The Hall–Kier alpha value is -1.57. The number of rotatable bonds is 3. The van der Waals surface area contributed by atoms with Gasteiger partial charge in [-0.1, -0.05) is 51.1 Å². The Morgan fingerprint density at radius 2 is 1.82 bits per heavy atom. The van der Waals surface area contributed by atoms with Crippen molar-refractivity contribution in [2.75, 3.05) is 0 Å². The van der Waals surface area contributed by atoms with Gasteiger partial charge in [-0.25, -0.2) is 0 Å². The van der Waals surface area contributed by atoms with Crippen LogP contribution in [-0.2, 0) is 6.42 Å². The molecule has 90 valence electrons. The van der Waals surface area contributed by atoms with E-state index in [-0.39, 0.29) is 0 Å². The van der Waals surface area contributed by atoms with Gasteiger partial charge in [0.2, 0.25) is 0 Å². The van der Waals surface area contributed by atoms with Crippen LogP contribution in [0, 0.1) is 5.41 Å². The van der Waals surface area contributed by atoms with Gasteiger partial charge in [0.1, 0.15) is 0 Å². The van der Waals surface area contributed by atoms with Crippen molar-refractivity contribution in [3.8, 4) is 11.3 Å². The second-order valence-electron chi connectivity index (χ2n) is 5.70. The molecule has 0 spiro atoms. The third kappa shape index (κ3) is 3.45. The van der Waals surface area contributed by atoms with E-state index in [2.05, 4.69) is 49.2 Å². The molecule has 1 aromatic carbocycles. The summed E-state index contributed by atoms with van der Waals surface area (Å²) in [6, 6.07) is 12.5. The predicted molar refractivity (Wildman–Crippen MR) is 71.8 cm³/mol. The van der Waals surface area contributed by atoms with E-state index in [0.29, 0.717) is 5.41 Å². The Morgan fingerprint density at radius 1 is 1.12 bits per heavy atom. The van der Waals surface area contributed by atoms with Crippen molar-refractivity contribution >= 4 is 0 Å². The van der Waals surface area contributed by atoms with Gasteiger partial charge in [-0.2, -0.15) is 5.10 Å². The minimum atomic E-state index is 0.367. The number of aromatic amines is 1. The second kappa shape index (κ2) is 4.74. The van der Waals surface area contributed by atoms with E-state index in [1.165, 1.54) is 5.56 Å². The van der Waals surface area contributed by atoms with Gasteiger partial charge < -0.3 is 0 Å². The molecule has 0 aliphatic rings. The first-order valence-corrected chi connectivity index (χ1v) is 6.14.